The molecule has 0 spiro atoms. The molecule has 2 atom stereocenters. The lowest BCUT2D eigenvalue weighted by Gasteiger charge is -2.30. The fourth-order valence-corrected chi connectivity index (χ4v) is 8.22. The molecule has 0 radical (unpaired) electrons. The van der Waals surface area contributed by atoms with Crippen molar-refractivity contribution < 1.29 is 35.2 Å². The highest BCUT2D eigenvalue weighted by Crippen LogP contribution is 2.50. The van der Waals surface area contributed by atoms with Crippen LogP contribution in [0.5, 0.6) is 0 Å². The average molecular weight is 613 g/mol. The normalized spacial score (nSPS) is 25.5. The van der Waals surface area contributed by atoms with Crippen LogP contribution in [0.3, 0.4) is 0 Å². The molecule has 0 aromatic carbocycles. The van der Waals surface area contributed by atoms with Gasteiger partial charge in [0, 0.05) is 36.5 Å². The van der Waals surface area contributed by atoms with Crippen molar-refractivity contribution in [3.8, 4) is 0 Å². The molecule has 9 nitrogen and oxygen atoms in total. The number of hydrogen-bond acceptors (Lipinski definition) is 6. The number of carbonyl (C=O) groups is 1. The fraction of sp³-hybridized carbons (Fsp3) is 0.591. The standard InChI is InChI=1S/C22H25F5N6O3S3/c1-33-16(7-14(31-33)18(24)25)29-21(37)28-10-2-3-15-12(6-10)17(39(35,36)32-11-4-9(23)5-11)20(38-15)30-19(34)13-8-22(13,26)27/h7,9-11,13,18,32H,2-6,8H2,1H3,(H,30,34)(H2,28,29,37)/t9?,10-,11?,13?/m0/s1. The van der Waals surface area contributed by atoms with Gasteiger partial charge in [-0.05, 0) is 49.9 Å². The summed E-state index contributed by atoms with van der Waals surface area (Å²) in [6.07, 6.45) is -3.32. The van der Waals surface area contributed by atoms with Gasteiger partial charge in [-0.2, -0.15) is 5.10 Å². The van der Waals surface area contributed by atoms with E-state index in [4.69, 9.17) is 12.2 Å². The van der Waals surface area contributed by atoms with E-state index in [0.29, 0.717) is 23.3 Å². The zero-order valence-electron chi connectivity index (χ0n) is 20.4. The largest absolute Gasteiger partial charge is 0.359 e. The number of thiophene rings is 1. The number of aromatic nitrogens is 2. The van der Waals surface area contributed by atoms with Crippen molar-refractivity contribution in [2.75, 3.05) is 10.6 Å². The minimum absolute atomic E-state index is 0.0208. The minimum atomic E-state index is -4.23. The van der Waals surface area contributed by atoms with Gasteiger partial charge in [-0.25, -0.2) is 35.1 Å². The number of fused-ring (bicyclic) bond motifs is 1. The van der Waals surface area contributed by atoms with Crippen molar-refractivity contribution in [1.82, 2.24) is 19.8 Å². The van der Waals surface area contributed by atoms with Gasteiger partial charge in [-0.15, -0.1) is 11.3 Å². The highest BCUT2D eigenvalue weighted by molar-refractivity contribution is 7.90. The minimum Gasteiger partial charge on any atom is -0.359 e. The maximum absolute atomic E-state index is 13.5. The van der Waals surface area contributed by atoms with Crippen molar-refractivity contribution in [2.24, 2.45) is 13.0 Å². The molecule has 4 N–H and O–H groups in total. The van der Waals surface area contributed by atoms with E-state index in [1.807, 2.05) is 0 Å². The Morgan fingerprint density at radius 2 is 1.95 bits per heavy atom. The average Bonchev–Trinajstić information content (AvgIpc) is 3.11. The topological polar surface area (TPSA) is 117 Å². The summed E-state index contributed by atoms with van der Waals surface area (Å²) in [5.74, 6) is -5.37. The number of rotatable bonds is 8. The number of amides is 1. The van der Waals surface area contributed by atoms with Crippen LogP contribution in [-0.2, 0) is 34.7 Å². The van der Waals surface area contributed by atoms with Crippen molar-refractivity contribution >= 4 is 55.4 Å². The van der Waals surface area contributed by atoms with Gasteiger partial charge in [0.2, 0.25) is 15.9 Å². The van der Waals surface area contributed by atoms with Gasteiger partial charge >= 0.3 is 0 Å². The Morgan fingerprint density at radius 3 is 2.54 bits per heavy atom. The number of carbonyl (C=O) groups excluding carboxylic acids is 1. The summed E-state index contributed by atoms with van der Waals surface area (Å²) in [5.41, 5.74) is -0.0108. The molecule has 0 aliphatic heterocycles. The molecule has 2 fully saturated rings. The molecule has 2 saturated carbocycles. The maximum Gasteiger partial charge on any atom is 0.282 e. The molecule has 39 heavy (non-hydrogen) atoms. The molecular formula is C22H25F5N6O3S3. The predicted octanol–water partition coefficient (Wildman–Crippen LogP) is 3.64. The third-order valence-electron chi connectivity index (χ3n) is 6.96. The molecule has 0 bridgehead atoms. The summed E-state index contributed by atoms with van der Waals surface area (Å²) < 4.78 is 96.7. The first-order valence-corrected chi connectivity index (χ1v) is 14.8. The smallest absolute Gasteiger partial charge is 0.282 e. The van der Waals surface area contributed by atoms with Gasteiger partial charge in [0.15, 0.2) is 5.11 Å². The van der Waals surface area contributed by atoms with E-state index in [1.54, 1.807) is 0 Å². The van der Waals surface area contributed by atoms with Gasteiger partial charge < -0.3 is 16.0 Å². The molecular weight excluding hydrogens is 587 g/mol. The molecule has 2 heterocycles. The van der Waals surface area contributed by atoms with Gasteiger partial charge in [-0.3, -0.25) is 9.48 Å². The summed E-state index contributed by atoms with van der Waals surface area (Å²) in [6.45, 7) is 0. The van der Waals surface area contributed by atoms with Crippen LogP contribution in [0.4, 0.5) is 32.8 Å². The third-order valence-corrected chi connectivity index (χ3v) is 10.1. The molecule has 214 valence electrons. The first kappa shape index (κ1) is 28.2. The molecule has 1 amide bonds. The van der Waals surface area contributed by atoms with Gasteiger partial charge in [0.1, 0.15) is 33.5 Å². The Balaban J connectivity index is 1.35. The second-order valence-electron chi connectivity index (χ2n) is 9.97. The van der Waals surface area contributed by atoms with Crippen LogP contribution in [0, 0.1) is 5.92 Å². The Bertz CT molecular complexity index is 1410. The number of sulfonamides is 1. The lowest BCUT2D eigenvalue weighted by Crippen LogP contribution is -2.45. The van der Waals surface area contributed by atoms with Crippen LogP contribution < -0.4 is 20.7 Å². The summed E-state index contributed by atoms with van der Waals surface area (Å²) in [7, 11) is -2.76. The first-order chi connectivity index (χ1) is 18.2. The van der Waals surface area contributed by atoms with E-state index in [2.05, 4.69) is 25.8 Å². The highest BCUT2D eigenvalue weighted by atomic mass is 32.2. The first-order valence-electron chi connectivity index (χ1n) is 12.1. The lowest BCUT2D eigenvalue weighted by molar-refractivity contribution is -0.119. The van der Waals surface area contributed by atoms with Crippen LogP contribution in [0.25, 0.3) is 0 Å². The summed E-state index contributed by atoms with van der Waals surface area (Å²) >= 11 is 6.34. The van der Waals surface area contributed by atoms with Crippen LogP contribution in [0.2, 0.25) is 0 Å². The molecule has 5 rings (SSSR count). The predicted molar refractivity (Wildman–Crippen MR) is 138 cm³/mol. The van der Waals surface area contributed by atoms with Crippen LogP contribution in [0.1, 0.15) is 48.2 Å². The van der Waals surface area contributed by atoms with E-state index in [-0.39, 0.29) is 46.1 Å². The summed E-state index contributed by atoms with van der Waals surface area (Å²) in [4.78, 5) is 12.9. The Labute approximate surface area is 230 Å². The number of nitrogens with zero attached hydrogens (tertiary/aromatic N) is 2. The number of anilines is 2. The molecule has 3 aliphatic rings. The molecule has 3 aliphatic carbocycles. The fourth-order valence-electron chi connectivity index (χ4n) is 4.72. The number of nitrogens with one attached hydrogen (secondary N) is 4. The summed E-state index contributed by atoms with van der Waals surface area (Å²) in [6, 6.07) is 0.190. The van der Waals surface area contributed by atoms with Gasteiger partial charge in [-0.1, -0.05) is 0 Å². The van der Waals surface area contributed by atoms with E-state index >= 15 is 0 Å². The quantitative estimate of drug-likeness (QED) is 0.266. The van der Waals surface area contributed by atoms with E-state index < -0.39 is 58.5 Å². The summed E-state index contributed by atoms with van der Waals surface area (Å²) in [5, 5.41) is 12.0. The van der Waals surface area contributed by atoms with Crippen molar-refractivity contribution in [3.05, 3.63) is 22.2 Å². The highest BCUT2D eigenvalue weighted by Gasteiger charge is 2.61. The SMILES string of the molecule is Cn1nc(C(F)F)cc1NC(=S)N[C@H]1CCc2sc(NC(=O)C3CC3(F)F)c(S(=O)(=O)NC3CC(F)C3)c2C1. The number of alkyl halides is 5. The van der Waals surface area contributed by atoms with E-state index in [9.17, 15) is 35.2 Å². The molecule has 2 aromatic rings. The molecule has 2 aromatic heterocycles. The number of thiocarbonyl (C=S) groups is 1. The second kappa shape index (κ2) is 10.2. The molecule has 17 heteroatoms. The number of hydrogen-bond donors (Lipinski definition) is 4. The van der Waals surface area contributed by atoms with E-state index in [1.165, 1.54) is 11.7 Å². The lowest BCUT2D eigenvalue weighted by atomic mass is 9.92. The molecule has 0 saturated heterocycles. The monoisotopic (exact) mass is 612 g/mol. The molecule has 1 unspecified atom stereocenters. The number of aryl methyl sites for hydroxylation is 2. The van der Waals surface area contributed by atoms with Crippen molar-refractivity contribution in [2.45, 2.75) is 74.0 Å². The zero-order chi connectivity index (χ0) is 28.3. The third kappa shape index (κ3) is 5.90. The second-order valence-corrected chi connectivity index (χ2v) is 13.1. The van der Waals surface area contributed by atoms with Crippen LogP contribution >= 0.6 is 23.6 Å². The van der Waals surface area contributed by atoms with Crippen LogP contribution in [0.15, 0.2) is 11.0 Å². The van der Waals surface area contributed by atoms with Gasteiger partial charge in [0.05, 0.1) is 0 Å². The van der Waals surface area contributed by atoms with Crippen molar-refractivity contribution in [1.29, 1.82) is 0 Å². The number of halogens is 5. The van der Waals surface area contributed by atoms with Gasteiger partial charge in [0.25, 0.3) is 12.3 Å². The Morgan fingerprint density at radius 1 is 1.26 bits per heavy atom. The van der Waals surface area contributed by atoms with Crippen molar-refractivity contribution in [3.63, 3.8) is 0 Å². The Kier molecular flexibility index (Phi) is 7.39. The van der Waals surface area contributed by atoms with E-state index in [0.717, 1.165) is 17.4 Å². The zero-order valence-corrected chi connectivity index (χ0v) is 22.9. The Hall–Kier alpha value is -2.37. The maximum atomic E-state index is 13.5. The van der Waals surface area contributed by atoms with Crippen LogP contribution in [-0.4, -0.2) is 53.4 Å².